The minimum Gasteiger partial charge on any atom is -0.466 e. The Morgan fingerprint density at radius 3 is 2.17 bits per heavy atom. The highest BCUT2D eigenvalue weighted by atomic mass is 35.5. The van der Waals surface area contributed by atoms with Crippen molar-refractivity contribution in [3.8, 4) is 0 Å². The van der Waals surface area contributed by atoms with Crippen molar-refractivity contribution >= 4 is 29.2 Å². The summed E-state index contributed by atoms with van der Waals surface area (Å²) in [5, 5.41) is 7.85. The van der Waals surface area contributed by atoms with Crippen molar-refractivity contribution in [2.45, 2.75) is 19.2 Å². The van der Waals surface area contributed by atoms with E-state index in [-0.39, 0.29) is 18.0 Å². The Kier molecular flexibility index (Phi) is 13.3. The number of esters is 1. The molecule has 0 saturated heterocycles. The number of aliphatic hydroxyl groups excluding tert-OH is 1. The van der Waals surface area contributed by atoms with Crippen LogP contribution in [-0.2, 0) is 9.53 Å². The van der Waals surface area contributed by atoms with Gasteiger partial charge < -0.3 is 9.84 Å². The molecule has 1 N–H and O–H groups in total. The molecule has 0 aliphatic heterocycles. The number of ether oxygens (including phenoxy) is 1. The molecule has 0 saturated carbocycles. The van der Waals surface area contributed by atoms with E-state index in [0.717, 1.165) is 0 Å². The van der Waals surface area contributed by atoms with Gasteiger partial charge in [-0.05, 0) is 6.92 Å². The maximum Gasteiger partial charge on any atom is 0.302 e. The first kappa shape index (κ1) is 14.5. The van der Waals surface area contributed by atoms with Gasteiger partial charge in [-0.2, -0.15) is 0 Å². The first-order valence-electron chi connectivity index (χ1n) is 3.52. The molecule has 5 heteroatoms. The fraction of sp³-hybridized carbons (Fsp3) is 0.857. The first-order valence-corrected chi connectivity index (χ1v) is 4.49. The van der Waals surface area contributed by atoms with Crippen LogP contribution in [0.15, 0.2) is 0 Å². The van der Waals surface area contributed by atoms with Crippen molar-refractivity contribution in [2.24, 2.45) is 0 Å². The minimum atomic E-state index is -0.272. The lowest BCUT2D eigenvalue weighted by atomic mass is 10.5. The third kappa shape index (κ3) is 16.5. The highest BCUT2D eigenvalue weighted by Gasteiger charge is 1.95. The number of rotatable bonds is 3. The Labute approximate surface area is 82.6 Å². The molecular formula is C7H14Cl2O3. The Morgan fingerprint density at radius 2 is 2.17 bits per heavy atom. The molecule has 0 rings (SSSR count). The molecule has 0 aliphatic carbocycles. The lowest BCUT2D eigenvalue weighted by Crippen LogP contribution is -2.04. The molecule has 0 fully saturated rings. The smallest absolute Gasteiger partial charge is 0.302 e. The van der Waals surface area contributed by atoms with E-state index in [1.807, 2.05) is 0 Å². The number of aliphatic hydroxyl groups is 1. The summed E-state index contributed by atoms with van der Waals surface area (Å²) in [7, 11) is 0. The summed E-state index contributed by atoms with van der Waals surface area (Å²) in [6.07, 6.45) is 0. The molecule has 0 radical (unpaired) electrons. The average molecular weight is 217 g/mol. The summed E-state index contributed by atoms with van der Waals surface area (Å²) < 4.78 is 4.40. The number of alkyl halides is 2. The van der Waals surface area contributed by atoms with E-state index in [0.29, 0.717) is 12.5 Å². The lowest BCUT2D eigenvalue weighted by molar-refractivity contribution is -0.140. The van der Waals surface area contributed by atoms with Crippen LogP contribution in [0.3, 0.4) is 0 Å². The Bertz CT molecular complexity index is 105. The molecule has 0 amide bonds. The van der Waals surface area contributed by atoms with Gasteiger partial charge in [0.25, 0.3) is 0 Å². The number of halogens is 2. The van der Waals surface area contributed by atoms with Crippen LogP contribution in [0, 0.1) is 0 Å². The standard InChI is InChI=1S/C4H8O2.C3H6Cl2O/c1-3-6-4(2)5;4-1-3(5)2-6/h3H2,1-2H3;3,6H,1-2H2. The monoisotopic (exact) mass is 216 g/mol. The Morgan fingerprint density at radius 1 is 1.67 bits per heavy atom. The summed E-state index contributed by atoms with van der Waals surface area (Å²) in [5.41, 5.74) is 0. The van der Waals surface area contributed by atoms with E-state index in [2.05, 4.69) is 4.74 Å². The molecule has 0 heterocycles. The second-order valence-corrected chi connectivity index (χ2v) is 2.78. The van der Waals surface area contributed by atoms with Crippen molar-refractivity contribution in [1.29, 1.82) is 0 Å². The molecule has 0 aromatic carbocycles. The van der Waals surface area contributed by atoms with Gasteiger partial charge in [0, 0.05) is 12.8 Å². The summed E-state index contributed by atoms with van der Waals surface area (Å²) in [5.74, 6) is 0.107. The Balaban J connectivity index is 0. The van der Waals surface area contributed by atoms with Crippen LogP contribution in [0.5, 0.6) is 0 Å². The highest BCUT2D eigenvalue weighted by Crippen LogP contribution is 1.94. The normalized spacial score (nSPS) is 11.1. The van der Waals surface area contributed by atoms with Gasteiger partial charge in [0.05, 0.1) is 18.6 Å². The third-order valence-electron chi connectivity index (χ3n) is 0.713. The fourth-order valence-corrected chi connectivity index (χ4v) is 0.350. The van der Waals surface area contributed by atoms with Gasteiger partial charge in [0.15, 0.2) is 0 Å². The maximum absolute atomic E-state index is 9.82. The van der Waals surface area contributed by atoms with Gasteiger partial charge in [0.2, 0.25) is 0 Å². The molecule has 0 aliphatic rings. The van der Waals surface area contributed by atoms with Crippen molar-refractivity contribution < 1.29 is 14.6 Å². The van der Waals surface area contributed by atoms with Gasteiger partial charge >= 0.3 is 5.97 Å². The minimum absolute atomic E-state index is 0.0367. The number of carbonyl (C=O) groups excluding carboxylic acids is 1. The van der Waals surface area contributed by atoms with Crippen molar-refractivity contribution in [3.05, 3.63) is 0 Å². The Hall–Kier alpha value is 0.01000. The fourth-order valence-electron chi connectivity index (χ4n) is 0.252. The number of hydrogen-bond donors (Lipinski definition) is 1. The van der Waals surface area contributed by atoms with Crippen LogP contribution >= 0.6 is 23.2 Å². The molecule has 1 atom stereocenters. The maximum atomic E-state index is 9.82. The van der Waals surface area contributed by atoms with Crippen LogP contribution in [-0.4, -0.2) is 35.5 Å². The van der Waals surface area contributed by atoms with Crippen molar-refractivity contribution in [2.75, 3.05) is 19.1 Å². The zero-order chi connectivity index (χ0) is 9.98. The molecule has 1 unspecified atom stereocenters. The van der Waals surface area contributed by atoms with Gasteiger partial charge in [-0.15, -0.1) is 23.2 Å². The van der Waals surface area contributed by atoms with E-state index >= 15 is 0 Å². The van der Waals surface area contributed by atoms with Crippen LogP contribution in [0.2, 0.25) is 0 Å². The van der Waals surface area contributed by atoms with E-state index < -0.39 is 0 Å². The molecule has 74 valence electrons. The predicted molar refractivity (Wildman–Crippen MR) is 49.8 cm³/mol. The largest absolute Gasteiger partial charge is 0.466 e. The highest BCUT2D eigenvalue weighted by molar-refractivity contribution is 6.28. The molecule has 0 bridgehead atoms. The number of hydrogen-bond acceptors (Lipinski definition) is 3. The quantitative estimate of drug-likeness (QED) is 0.574. The predicted octanol–water partition coefficient (Wildman–Crippen LogP) is 1.39. The lowest BCUT2D eigenvalue weighted by Gasteiger charge is -1.93. The average Bonchev–Trinajstić information content (AvgIpc) is 2.04. The zero-order valence-corrected chi connectivity index (χ0v) is 8.73. The van der Waals surface area contributed by atoms with Crippen LogP contribution in [0.1, 0.15) is 13.8 Å². The van der Waals surface area contributed by atoms with Crippen LogP contribution in [0.25, 0.3) is 0 Å². The molecule has 0 aromatic heterocycles. The van der Waals surface area contributed by atoms with E-state index in [4.69, 9.17) is 28.3 Å². The van der Waals surface area contributed by atoms with Gasteiger partial charge in [-0.1, -0.05) is 0 Å². The van der Waals surface area contributed by atoms with Gasteiger partial charge in [0.1, 0.15) is 0 Å². The van der Waals surface area contributed by atoms with Crippen LogP contribution < -0.4 is 0 Å². The first-order chi connectivity index (χ1) is 5.58. The van der Waals surface area contributed by atoms with Crippen LogP contribution in [0.4, 0.5) is 0 Å². The van der Waals surface area contributed by atoms with Gasteiger partial charge in [-0.3, -0.25) is 4.79 Å². The SMILES string of the molecule is CCOC(C)=O.OCC(Cl)CCl. The van der Waals surface area contributed by atoms with E-state index in [1.54, 1.807) is 6.92 Å². The van der Waals surface area contributed by atoms with Crippen molar-refractivity contribution in [1.82, 2.24) is 0 Å². The van der Waals surface area contributed by atoms with E-state index in [9.17, 15) is 4.79 Å². The molecule has 0 aromatic rings. The second kappa shape index (κ2) is 11.0. The van der Waals surface area contributed by atoms with Crippen molar-refractivity contribution in [3.63, 3.8) is 0 Å². The molecule has 3 nitrogen and oxygen atoms in total. The third-order valence-corrected chi connectivity index (χ3v) is 1.54. The second-order valence-electron chi connectivity index (χ2n) is 1.86. The van der Waals surface area contributed by atoms with E-state index in [1.165, 1.54) is 6.92 Å². The molecular weight excluding hydrogens is 203 g/mol. The molecule has 0 spiro atoms. The number of carbonyl (C=O) groups is 1. The topological polar surface area (TPSA) is 46.5 Å². The summed E-state index contributed by atoms with van der Waals surface area (Å²) in [4.78, 5) is 9.82. The summed E-state index contributed by atoms with van der Waals surface area (Å²) in [6, 6.07) is 0. The summed E-state index contributed by atoms with van der Waals surface area (Å²) >= 11 is 10.4. The summed E-state index contributed by atoms with van der Waals surface area (Å²) in [6.45, 7) is 3.62. The molecule has 12 heavy (non-hydrogen) atoms. The zero-order valence-electron chi connectivity index (χ0n) is 7.22. The van der Waals surface area contributed by atoms with Gasteiger partial charge in [-0.25, -0.2) is 0 Å².